The topological polar surface area (TPSA) is 40.0 Å². The van der Waals surface area contributed by atoms with Crippen LogP contribution < -0.4 is 0 Å². The van der Waals surface area contributed by atoms with E-state index in [-0.39, 0.29) is 0 Å². The molecule has 1 N–H and O–H groups in total. The normalized spacial score (nSPS) is 21.1. The average Bonchev–Trinajstić information content (AvgIpc) is 2.53. The van der Waals surface area contributed by atoms with Gasteiger partial charge in [0.1, 0.15) is 5.15 Å². The zero-order valence-corrected chi connectivity index (χ0v) is 9.98. The molecule has 0 bridgehead atoms. The summed E-state index contributed by atoms with van der Waals surface area (Å²) < 4.78 is 0. The lowest BCUT2D eigenvalue weighted by molar-refractivity contribution is 0.362. The van der Waals surface area contributed by atoms with E-state index in [0.717, 1.165) is 17.9 Å². The third-order valence-electron chi connectivity index (χ3n) is 2.40. The van der Waals surface area contributed by atoms with Crippen LogP contribution in [-0.2, 0) is 6.54 Å². The van der Waals surface area contributed by atoms with Gasteiger partial charge in [-0.05, 0) is 18.6 Å². The van der Waals surface area contributed by atoms with Gasteiger partial charge in [-0.1, -0.05) is 29.4 Å². The Morgan fingerprint density at radius 3 is 3.00 bits per heavy atom. The summed E-state index contributed by atoms with van der Waals surface area (Å²) in [5, 5.41) is 8.93. The number of nitrogens with zero attached hydrogens (tertiary/aromatic N) is 2. The van der Waals surface area contributed by atoms with Gasteiger partial charge < -0.3 is 4.90 Å². The predicted octanol–water partition coefficient (Wildman–Crippen LogP) is 2.61. The third-order valence-corrected chi connectivity index (χ3v) is 3.78. The van der Waals surface area contributed by atoms with Crippen LogP contribution in [0.15, 0.2) is 18.3 Å². The van der Waals surface area contributed by atoms with Crippen molar-refractivity contribution in [1.29, 1.82) is 5.41 Å². The number of rotatable bonds is 2. The zero-order chi connectivity index (χ0) is 10.8. The summed E-state index contributed by atoms with van der Waals surface area (Å²) in [6.07, 6.45) is 1.77. The monoisotopic (exact) mass is 241 g/mol. The maximum atomic E-state index is 7.77. The Kier molecular flexibility index (Phi) is 3.17. The van der Waals surface area contributed by atoms with Gasteiger partial charge in [0.15, 0.2) is 5.17 Å². The second kappa shape index (κ2) is 4.41. The minimum Gasteiger partial charge on any atom is -0.344 e. The standard InChI is InChI=1S/C10H12ClN3S/c1-7-6-15-10(12)14(7)5-8-2-3-9(11)13-4-8/h2-4,7,12H,5-6H2,1H3. The van der Waals surface area contributed by atoms with Gasteiger partial charge in [0.05, 0.1) is 0 Å². The summed E-state index contributed by atoms with van der Waals surface area (Å²) in [5.41, 5.74) is 1.10. The summed E-state index contributed by atoms with van der Waals surface area (Å²) in [6, 6.07) is 4.17. The quantitative estimate of drug-likeness (QED) is 0.810. The molecule has 0 aromatic carbocycles. The number of hydrogen-bond acceptors (Lipinski definition) is 3. The van der Waals surface area contributed by atoms with Crippen LogP contribution >= 0.6 is 23.4 Å². The molecular formula is C10H12ClN3S. The molecule has 1 aliphatic heterocycles. The van der Waals surface area contributed by atoms with Crippen LogP contribution in [0, 0.1) is 5.41 Å². The largest absolute Gasteiger partial charge is 0.344 e. The molecule has 0 amide bonds. The minimum atomic E-state index is 0.429. The Morgan fingerprint density at radius 2 is 2.47 bits per heavy atom. The van der Waals surface area contributed by atoms with Gasteiger partial charge in [-0.2, -0.15) is 0 Å². The van der Waals surface area contributed by atoms with E-state index in [2.05, 4.69) is 16.8 Å². The summed E-state index contributed by atoms with van der Waals surface area (Å²) in [4.78, 5) is 6.11. The van der Waals surface area contributed by atoms with E-state index in [1.54, 1.807) is 24.0 Å². The lowest BCUT2D eigenvalue weighted by Gasteiger charge is -2.22. The number of nitrogens with one attached hydrogen (secondary N) is 1. The fraction of sp³-hybridized carbons (Fsp3) is 0.400. The van der Waals surface area contributed by atoms with E-state index in [0.29, 0.717) is 16.4 Å². The van der Waals surface area contributed by atoms with Gasteiger partial charge in [0.25, 0.3) is 0 Å². The van der Waals surface area contributed by atoms with E-state index < -0.39 is 0 Å². The van der Waals surface area contributed by atoms with E-state index in [1.165, 1.54) is 0 Å². The highest BCUT2D eigenvalue weighted by Gasteiger charge is 2.25. The molecule has 3 nitrogen and oxygen atoms in total. The molecule has 2 heterocycles. The zero-order valence-electron chi connectivity index (χ0n) is 8.40. The van der Waals surface area contributed by atoms with Crippen LogP contribution in [0.5, 0.6) is 0 Å². The Bertz CT molecular complexity index is 365. The Hall–Kier alpha value is -0.740. The molecule has 2 rings (SSSR count). The molecule has 1 unspecified atom stereocenters. The Labute approximate surface area is 98.3 Å². The molecule has 0 aliphatic carbocycles. The smallest absolute Gasteiger partial charge is 0.156 e. The van der Waals surface area contributed by atoms with E-state index in [9.17, 15) is 0 Å². The van der Waals surface area contributed by atoms with Crippen LogP contribution in [0.2, 0.25) is 5.15 Å². The Balaban J connectivity index is 2.08. The van der Waals surface area contributed by atoms with Crippen LogP contribution in [0.3, 0.4) is 0 Å². The van der Waals surface area contributed by atoms with Crippen molar-refractivity contribution < 1.29 is 0 Å². The highest BCUT2D eigenvalue weighted by Crippen LogP contribution is 2.24. The average molecular weight is 242 g/mol. The summed E-state index contributed by atoms with van der Waals surface area (Å²) in [6.45, 7) is 2.88. The number of halogens is 1. The van der Waals surface area contributed by atoms with Gasteiger partial charge >= 0.3 is 0 Å². The molecule has 15 heavy (non-hydrogen) atoms. The molecule has 5 heteroatoms. The first kappa shape index (κ1) is 10.8. The molecule has 1 aromatic rings. The van der Waals surface area contributed by atoms with Crippen LogP contribution in [-0.4, -0.2) is 26.8 Å². The number of thioether (sulfide) groups is 1. The highest BCUT2D eigenvalue weighted by molar-refractivity contribution is 8.14. The molecule has 1 fully saturated rings. The molecule has 80 valence electrons. The van der Waals surface area contributed by atoms with Crippen molar-refractivity contribution >= 4 is 28.5 Å². The van der Waals surface area contributed by atoms with Crippen molar-refractivity contribution in [3.8, 4) is 0 Å². The maximum Gasteiger partial charge on any atom is 0.156 e. The van der Waals surface area contributed by atoms with Gasteiger partial charge in [-0.25, -0.2) is 4.98 Å². The molecule has 1 saturated heterocycles. The van der Waals surface area contributed by atoms with Gasteiger partial charge in [-0.15, -0.1) is 0 Å². The molecule has 0 spiro atoms. The van der Waals surface area contributed by atoms with Crippen molar-refractivity contribution in [2.24, 2.45) is 0 Å². The number of pyridine rings is 1. The SMILES string of the molecule is CC1CSC(=N)N1Cc1ccc(Cl)nc1. The van der Waals surface area contributed by atoms with Crippen molar-refractivity contribution in [2.75, 3.05) is 5.75 Å². The first-order valence-corrected chi connectivity index (χ1v) is 6.11. The second-order valence-electron chi connectivity index (χ2n) is 3.58. The van der Waals surface area contributed by atoms with Crippen molar-refractivity contribution in [3.05, 3.63) is 29.0 Å². The summed E-state index contributed by atoms with van der Waals surface area (Å²) in [7, 11) is 0. The van der Waals surface area contributed by atoms with Crippen molar-refractivity contribution in [2.45, 2.75) is 19.5 Å². The second-order valence-corrected chi connectivity index (χ2v) is 4.98. The minimum absolute atomic E-state index is 0.429. The number of hydrogen-bond donors (Lipinski definition) is 1. The lowest BCUT2D eigenvalue weighted by Crippen LogP contribution is -2.30. The molecule has 0 radical (unpaired) electrons. The van der Waals surface area contributed by atoms with Crippen LogP contribution in [0.4, 0.5) is 0 Å². The predicted molar refractivity (Wildman–Crippen MR) is 64.4 cm³/mol. The van der Waals surface area contributed by atoms with Crippen LogP contribution in [0.1, 0.15) is 12.5 Å². The third kappa shape index (κ3) is 2.44. The first-order valence-electron chi connectivity index (χ1n) is 4.75. The first-order chi connectivity index (χ1) is 7.16. The number of amidine groups is 1. The van der Waals surface area contributed by atoms with Crippen molar-refractivity contribution in [1.82, 2.24) is 9.88 Å². The lowest BCUT2D eigenvalue weighted by atomic mass is 10.2. The van der Waals surface area contributed by atoms with Gasteiger partial charge in [0.2, 0.25) is 0 Å². The van der Waals surface area contributed by atoms with Crippen molar-refractivity contribution in [3.63, 3.8) is 0 Å². The van der Waals surface area contributed by atoms with E-state index >= 15 is 0 Å². The fourth-order valence-corrected chi connectivity index (χ4v) is 2.60. The Morgan fingerprint density at radius 1 is 1.67 bits per heavy atom. The molecule has 0 saturated carbocycles. The van der Waals surface area contributed by atoms with Gasteiger partial charge in [-0.3, -0.25) is 5.41 Å². The molecule has 1 aliphatic rings. The van der Waals surface area contributed by atoms with Gasteiger partial charge in [0, 0.05) is 24.5 Å². The highest BCUT2D eigenvalue weighted by atomic mass is 35.5. The summed E-state index contributed by atoms with van der Waals surface area (Å²) >= 11 is 7.31. The van der Waals surface area contributed by atoms with E-state index in [1.807, 2.05) is 6.07 Å². The maximum absolute atomic E-state index is 7.77. The molecule has 1 atom stereocenters. The van der Waals surface area contributed by atoms with E-state index in [4.69, 9.17) is 17.0 Å². The fourth-order valence-electron chi connectivity index (χ4n) is 1.50. The molecule has 1 aromatic heterocycles. The van der Waals surface area contributed by atoms with Crippen LogP contribution in [0.25, 0.3) is 0 Å². The summed E-state index contributed by atoms with van der Waals surface area (Å²) in [5.74, 6) is 1.000. The number of aromatic nitrogens is 1. The molecular weight excluding hydrogens is 230 g/mol.